The molecule has 0 saturated heterocycles. The number of halogens is 2. The summed E-state index contributed by atoms with van der Waals surface area (Å²) in [6.45, 7) is 1.81. The second-order valence-corrected chi connectivity index (χ2v) is 7.65. The summed E-state index contributed by atoms with van der Waals surface area (Å²) in [7, 11) is 0. The van der Waals surface area contributed by atoms with Crippen molar-refractivity contribution in [3.8, 4) is 11.1 Å². The summed E-state index contributed by atoms with van der Waals surface area (Å²) >= 11 is 4.55. The minimum Gasteiger partial charge on any atom is -0.478 e. The average molecular weight is 434 g/mol. The number of aryl methyl sites for hydroxylation is 1. The van der Waals surface area contributed by atoms with E-state index in [1.54, 1.807) is 0 Å². The Morgan fingerprint density at radius 2 is 1.69 bits per heavy atom. The van der Waals surface area contributed by atoms with Crippen LogP contribution in [0.2, 0.25) is 0 Å². The van der Waals surface area contributed by atoms with E-state index in [0.717, 1.165) is 14.9 Å². The van der Waals surface area contributed by atoms with E-state index in [0.29, 0.717) is 5.56 Å². The van der Waals surface area contributed by atoms with E-state index < -0.39 is 17.7 Å². The summed E-state index contributed by atoms with van der Waals surface area (Å²) in [6.07, 6.45) is 0. The Morgan fingerprint density at radius 3 is 2.27 bits per heavy atom. The van der Waals surface area contributed by atoms with Crippen molar-refractivity contribution < 1.29 is 19.1 Å². The first-order valence-electron chi connectivity index (χ1n) is 7.56. The lowest BCUT2D eigenvalue weighted by atomic mass is 10.0. The van der Waals surface area contributed by atoms with Crippen LogP contribution in [0.15, 0.2) is 53.0 Å². The molecule has 0 fully saturated rings. The van der Waals surface area contributed by atoms with Crippen molar-refractivity contribution in [3.05, 3.63) is 74.8 Å². The zero-order chi connectivity index (χ0) is 18.8. The van der Waals surface area contributed by atoms with Gasteiger partial charge in [0.25, 0.3) is 5.91 Å². The van der Waals surface area contributed by atoms with E-state index in [1.807, 2.05) is 31.2 Å². The van der Waals surface area contributed by atoms with Gasteiger partial charge in [0.2, 0.25) is 0 Å². The number of carbonyl (C=O) groups excluding carboxylic acids is 1. The summed E-state index contributed by atoms with van der Waals surface area (Å²) in [4.78, 5) is 25.0. The quantitative estimate of drug-likeness (QED) is 0.564. The van der Waals surface area contributed by atoms with Gasteiger partial charge in [-0.15, -0.1) is 11.3 Å². The van der Waals surface area contributed by atoms with Crippen molar-refractivity contribution in [3.63, 3.8) is 0 Å². The van der Waals surface area contributed by atoms with Gasteiger partial charge in [-0.05, 0) is 48.9 Å². The van der Waals surface area contributed by atoms with Gasteiger partial charge in [-0.2, -0.15) is 0 Å². The van der Waals surface area contributed by atoms with Crippen LogP contribution in [0.5, 0.6) is 0 Å². The largest absolute Gasteiger partial charge is 0.478 e. The number of aromatic carboxylic acids is 1. The van der Waals surface area contributed by atoms with Crippen molar-refractivity contribution in [1.29, 1.82) is 0 Å². The van der Waals surface area contributed by atoms with E-state index >= 15 is 0 Å². The predicted molar refractivity (Wildman–Crippen MR) is 104 cm³/mol. The maximum atomic E-state index is 13.0. The van der Waals surface area contributed by atoms with Gasteiger partial charge in [-0.25, -0.2) is 9.18 Å². The Balaban J connectivity index is 2.01. The lowest BCUT2D eigenvalue weighted by Gasteiger charge is -2.07. The number of carbonyl (C=O) groups is 2. The van der Waals surface area contributed by atoms with Gasteiger partial charge in [0.15, 0.2) is 0 Å². The molecule has 4 nitrogen and oxygen atoms in total. The Hall–Kier alpha value is -2.51. The van der Waals surface area contributed by atoms with Crippen LogP contribution in [-0.4, -0.2) is 17.0 Å². The Kier molecular flexibility index (Phi) is 5.20. The van der Waals surface area contributed by atoms with Gasteiger partial charge in [-0.3, -0.25) is 4.79 Å². The van der Waals surface area contributed by atoms with Crippen molar-refractivity contribution in [2.24, 2.45) is 0 Å². The summed E-state index contributed by atoms with van der Waals surface area (Å²) in [5, 5.41) is 12.6. The topological polar surface area (TPSA) is 66.4 Å². The molecule has 3 aromatic rings. The van der Waals surface area contributed by atoms with Gasteiger partial charge in [0.1, 0.15) is 16.4 Å². The zero-order valence-electron chi connectivity index (χ0n) is 13.5. The molecule has 1 aromatic heterocycles. The predicted octanol–water partition coefficient (Wildman–Crippen LogP) is 5.58. The first-order chi connectivity index (χ1) is 12.4. The highest BCUT2D eigenvalue weighted by Gasteiger charge is 2.24. The number of hydrogen-bond acceptors (Lipinski definition) is 3. The fraction of sp³-hybridized carbons (Fsp3) is 0.0526. The molecule has 2 aromatic carbocycles. The molecule has 132 valence electrons. The molecule has 0 aliphatic rings. The van der Waals surface area contributed by atoms with Crippen LogP contribution in [0, 0.1) is 12.7 Å². The number of hydrogen-bond donors (Lipinski definition) is 2. The van der Waals surface area contributed by atoms with Gasteiger partial charge < -0.3 is 10.4 Å². The Labute approximate surface area is 161 Å². The molecule has 0 atom stereocenters. The monoisotopic (exact) mass is 433 g/mol. The molecule has 0 bridgehead atoms. The first-order valence-corrected chi connectivity index (χ1v) is 9.17. The normalized spacial score (nSPS) is 10.6. The second kappa shape index (κ2) is 7.39. The molecule has 7 heteroatoms. The molecular formula is C19H13BrFNO3S. The van der Waals surface area contributed by atoms with Crippen LogP contribution in [0.25, 0.3) is 11.1 Å². The third-order valence-electron chi connectivity index (χ3n) is 3.76. The summed E-state index contributed by atoms with van der Waals surface area (Å²) < 4.78 is 13.9. The number of benzene rings is 2. The maximum absolute atomic E-state index is 13.0. The number of thiophene rings is 1. The van der Waals surface area contributed by atoms with Gasteiger partial charge in [0, 0.05) is 20.5 Å². The van der Waals surface area contributed by atoms with Crippen LogP contribution in [-0.2, 0) is 0 Å². The van der Waals surface area contributed by atoms with Gasteiger partial charge >= 0.3 is 5.97 Å². The van der Waals surface area contributed by atoms with E-state index in [9.17, 15) is 19.1 Å². The van der Waals surface area contributed by atoms with Crippen LogP contribution in [0.4, 0.5) is 9.39 Å². The number of nitrogens with one attached hydrogen (secondary N) is 1. The van der Waals surface area contributed by atoms with E-state index in [-0.39, 0.29) is 16.1 Å². The molecule has 1 amide bonds. The minimum absolute atomic E-state index is 0.0466. The number of carboxylic acids is 1. The fourth-order valence-electron chi connectivity index (χ4n) is 2.58. The fourth-order valence-corrected chi connectivity index (χ4v) is 3.91. The van der Waals surface area contributed by atoms with Crippen LogP contribution in [0.1, 0.15) is 25.6 Å². The number of rotatable bonds is 4. The minimum atomic E-state index is -1.12. The van der Waals surface area contributed by atoms with Crippen molar-refractivity contribution in [2.75, 3.05) is 5.32 Å². The van der Waals surface area contributed by atoms with Gasteiger partial charge in [0.05, 0.1) is 0 Å². The van der Waals surface area contributed by atoms with E-state index in [4.69, 9.17) is 0 Å². The molecule has 0 aliphatic heterocycles. The molecule has 2 N–H and O–H groups in total. The highest BCUT2D eigenvalue weighted by atomic mass is 79.9. The van der Waals surface area contributed by atoms with E-state index in [2.05, 4.69) is 21.2 Å². The molecule has 0 unspecified atom stereocenters. The molecule has 0 saturated carbocycles. The molecule has 0 radical (unpaired) electrons. The SMILES string of the molecule is Cc1sc(NC(=O)c2ccc(F)cc2)c(C(=O)O)c1-c1ccc(Br)cc1. The summed E-state index contributed by atoms with van der Waals surface area (Å²) in [5.41, 5.74) is 1.62. The molecule has 1 heterocycles. The zero-order valence-corrected chi connectivity index (χ0v) is 15.9. The Bertz CT molecular complexity index is 981. The van der Waals surface area contributed by atoms with Gasteiger partial charge in [-0.1, -0.05) is 28.1 Å². The highest BCUT2D eigenvalue weighted by Crippen LogP contribution is 2.40. The third kappa shape index (κ3) is 3.68. The number of carboxylic acid groups (broad SMARTS) is 1. The maximum Gasteiger partial charge on any atom is 0.339 e. The van der Waals surface area contributed by atoms with Crippen LogP contribution < -0.4 is 5.32 Å². The lowest BCUT2D eigenvalue weighted by Crippen LogP contribution is -2.13. The third-order valence-corrected chi connectivity index (χ3v) is 5.31. The Morgan fingerprint density at radius 1 is 1.08 bits per heavy atom. The summed E-state index contributed by atoms with van der Waals surface area (Å²) in [6, 6.07) is 12.3. The number of amides is 1. The van der Waals surface area contributed by atoms with Crippen LogP contribution in [0.3, 0.4) is 0 Å². The van der Waals surface area contributed by atoms with Crippen LogP contribution >= 0.6 is 27.3 Å². The molecule has 26 heavy (non-hydrogen) atoms. The van der Waals surface area contributed by atoms with Crippen molar-refractivity contribution in [1.82, 2.24) is 0 Å². The first kappa shape index (κ1) is 18.3. The average Bonchev–Trinajstić information content (AvgIpc) is 2.92. The molecular weight excluding hydrogens is 421 g/mol. The smallest absolute Gasteiger partial charge is 0.339 e. The molecule has 0 aliphatic carbocycles. The standard InChI is InChI=1S/C19H13BrFNO3S/c1-10-15(11-2-6-13(20)7-3-11)16(19(24)25)18(26-10)22-17(23)12-4-8-14(21)9-5-12/h2-9H,1H3,(H,22,23)(H,24,25). The number of anilines is 1. The molecule has 0 spiro atoms. The summed E-state index contributed by atoms with van der Waals surface area (Å²) in [5.74, 6) is -2.06. The highest BCUT2D eigenvalue weighted by molar-refractivity contribution is 9.10. The lowest BCUT2D eigenvalue weighted by molar-refractivity contribution is 0.0699. The van der Waals surface area contributed by atoms with E-state index in [1.165, 1.54) is 35.6 Å². The van der Waals surface area contributed by atoms with Crippen molar-refractivity contribution in [2.45, 2.75) is 6.92 Å². The van der Waals surface area contributed by atoms with Crippen molar-refractivity contribution >= 4 is 44.1 Å². The second-order valence-electron chi connectivity index (χ2n) is 5.51. The molecule has 3 rings (SSSR count).